The van der Waals surface area contributed by atoms with Gasteiger partial charge in [0.2, 0.25) is 6.10 Å². The number of carboxylic acid groups (broad SMARTS) is 1. The molecule has 1 aromatic rings. The van der Waals surface area contributed by atoms with Crippen LogP contribution in [0.25, 0.3) is 0 Å². The number of benzene rings is 1. The lowest BCUT2D eigenvalue weighted by Crippen LogP contribution is -2.74. The summed E-state index contributed by atoms with van der Waals surface area (Å²) in [5.74, 6) is -6.22. The standard InChI is InChI=1S/C30H35NO14/c1-13(32)26(37)44-19(28(39)42-15(3)27(38)41-14(2)25(35)36)12-21(34)43-18-7-8-30(40)20-11-16-5-6-17(33)23-22(16)29(30,24(18)45-23)9-10-31(20)4/h5-7,13-15,19-20,24,32-33,40H,8-12H2,1-4H3,(H,35,36)/t13?,14?,15?,19?,20-,24+,29+,30-/m1/s1. The molecule has 1 saturated heterocycles. The van der Waals surface area contributed by atoms with Gasteiger partial charge in [0.25, 0.3) is 0 Å². The van der Waals surface area contributed by atoms with E-state index in [9.17, 15) is 39.3 Å². The van der Waals surface area contributed by atoms with Crippen LogP contribution in [0.15, 0.2) is 24.0 Å². The molecule has 15 heteroatoms. The zero-order valence-corrected chi connectivity index (χ0v) is 25.1. The first kappa shape index (κ1) is 32.2. The molecule has 1 fully saturated rings. The molecule has 1 spiro atoms. The molecule has 4 aliphatic rings. The van der Waals surface area contributed by atoms with E-state index >= 15 is 0 Å². The molecular weight excluding hydrogens is 598 g/mol. The van der Waals surface area contributed by atoms with Crippen LogP contribution in [0, 0.1) is 0 Å². The number of piperidine rings is 1. The third-order valence-electron chi connectivity index (χ3n) is 9.07. The summed E-state index contributed by atoms with van der Waals surface area (Å²) in [6, 6.07) is 3.03. The first-order chi connectivity index (χ1) is 21.1. The zero-order valence-electron chi connectivity index (χ0n) is 25.1. The van der Waals surface area contributed by atoms with Crippen molar-refractivity contribution in [3.8, 4) is 11.5 Å². The number of esters is 4. The number of hydrogen-bond acceptors (Lipinski definition) is 14. The fourth-order valence-electron chi connectivity index (χ4n) is 6.79. The van der Waals surface area contributed by atoms with Crippen molar-refractivity contribution >= 4 is 29.8 Å². The molecule has 2 heterocycles. The predicted octanol–water partition coefficient (Wildman–Crippen LogP) is -0.156. The lowest BCUT2D eigenvalue weighted by atomic mass is 9.50. The van der Waals surface area contributed by atoms with Crippen LogP contribution < -0.4 is 4.74 Å². The van der Waals surface area contributed by atoms with Gasteiger partial charge in [0.1, 0.15) is 11.9 Å². The van der Waals surface area contributed by atoms with E-state index in [1.54, 1.807) is 6.07 Å². The maximum absolute atomic E-state index is 13.3. The normalized spacial score (nSPS) is 28.6. The van der Waals surface area contributed by atoms with Gasteiger partial charge in [-0.05, 0) is 64.9 Å². The van der Waals surface area contributed by atoms with Gasteiger partial charge in [0, 0.05) is 18.0 Å². The molecule has 15 nitrogen and oxygen atoms in total. The topological polar surface area (TPSA) is 216 Å². The predicted molar refractivity (Wildman–Crippen MR) is 148 cm³/mol. The van der Waals surface area contributed by atoms with E-state index in [1.165, 1.54) is 12.1 Å². The Morgan fingerprint density at radius 1 is 1.04 bits per heavy atom. The summed E-state index contributed by atoms with van der Waals surface area (Å²) < 4.78 is 26.5. The molecule has 2 bridgehead atoms. The summed E-state index contributed by atoms with van der Waals surface area (Å²) in [5, 5.41) is 41.4. The fraction of sp³-hybridized carbons (Fsp3) is 0.567. The summed E-state index contributed by atoms with van der Waals surface area (Å²) in [4.78, 5) is 63.6. The van der Waals surface area contributed by atoms with E-state index in [0.717, 1.165) is 26.3 Å². The van der Waals surface area contributed by atoms with Crippen molar-refractivity contribution in [1.29, 1.82) is 0 Å². The smallest absolute Gasteiger partial charge is 0.348 e. The molecule has 0 amide bonds. The number of aromatic hydroxyl groups is 1. The van der Waals surface area contributed by atoms with Crippen LogP contribution in [-0.4, -0.2) is 111 Å². The van der Waals surface area contributed by atoms with Crippen LogP contribution >= 0.6 is 0 Å². The Labute approximate surface area is 257 Å². The van der Waals surface area contributed by atoms with Gasteiger partial charge in [0.15, 0.2) is 29.8 Å². The number of hydrogen-bond donors (Lipinski definition) is 4. The highest BCUT2D eigenvalue weighted by Crippen LogP contribution is 2.65. The third-order valence-corrected chi connectivity index (χ3v) is 9.07. The van der Waals surface area contributed by atoms with E-state index in [2.05, 4.69) is 9.64 Å². The van der Waals surface area contributed by atoms with E-state index in [4.69, 9.17) is 24.1 Å². The monoisotopic (exact) mass is 633 g/mol. The number of carboxylic acids is 1. The summed E-state index contributed by atoms with van der Waals surface area (Å²) >= 11 is 0. The highest BCUT2D eigenvalue weighted by Gasteiger charge is 2.72. The van der Waals surface area contributed by atoms with E-state index in [0.29, 0.717) is 24.9 Å². The van der Waals surface area contributed by atoms with Gasteiger partial charge >= 0.3 is 29.8 Å². The van der Waals surface area contributed by atoms with Crippen LogP contribution in [-0.2, 0) is 54.8 Å². The van der Waals surface area contributed by atoms with Crippen LogP contribution in [0.3, 0.4) is 0 Å². The molecule has 2 aliphatic heterocycles. The molecule has 0 saturated carbocycles. The number of likely N-dealkylation sites (N-methyl/N-ethyl adjacent to an activating group) is 1. The number of ether oxygens (including phenoxy) is 5. The quantitative estimate of drug-likeness (QED) is 0.195. The van der Waals surface area contributed by atoms with Crippen LogP contribution in [0.2, 0.25) is 0 Å². The highest BCUT2D eigenvalue weighted by molar-refractivity contribution is 5.88. The van der Waals surface area contributed by atoms with Crippen molar-refractivity contribution in [2.45, 2.75) is 94.0 Å². The number of aliphatic carboxylic acids is 1. The Kier molecular flexibility index (Phi) is 8.31. The average Bonchev–Trinajstić information content (AvgIpc) is 3.33. The van der Waals surface area contributed by atoms with Crippen molar-refractivity contribution in [1.82, 2.24) is 4.90 Å². The van der Waals surface area contributed by atoms with Crippen LogP contribution in [0.4, 0.5) is 0 Å². The molecule has 2 aliphatic carbocycles. The number of carbonyl (C=O) groups excluding carboxylic acids is 4. The second-order valence-electron chi connectivity index (χ2n) is 11.9. The largest absolute Gasteiger partial charge is 0.504 e. The molecule has 4 N–H and O–H groups in total. The molecule has 45 heavy (non-hydrogen) atoms. The minimum atomic E-state index is -1.97. The second-order valence-corrected chi connectivity index (χ2v) is 11.9. The minimum absolute atomic E-state index is 0.0324. The third kappa shape index (κ3) is 5.27. The van der Waals surface area contributed by atoms with Gasteiger partial charge in [-0.1, -0.05) is 6.07 Å². The summed E-state index contributed by atoms with van der Waals surface area (Å²) in [7, 11) is 1.92. The summed E-state index contributed by atoms with van der Waals surface area (Å²) in [6.45, 7) is 3.84. The van der Waals surface area contributed by atoms with E-state index in [1.807, 2.05) is 7.05 Å². The Balaban J connectivity index is 1.36. The second kappa shape index (κ2) is 11.6. The van der Waals surface area contributed by atoms with Crippen molar-refractivity contribution in [2.75, 3.05) is 13.6 Å². The first-order valence-corrected chi connectivity index (χ1v) is 14.5. The maximum atomic E-state index is 13.3. The number of likely N-dealkylation sites (tertiary alicyclic amines) is 1. The molecule has 0 radical (unpaired) electrons. The highest BCUT2D eigenvalue weighted by atomic mass is 16.6. The number of aliphatic hydroxyl groups is 2. The summed E-state index contributed by atoms with van der Waals surface area (Å²) in [5.41, 5.74) is -0.783. The Hall–Kier alpha value is -4.21. The van der Waals surface area contributed by atoms with Gasteiger partial charge in [-0.3, -0.25) is 4.79 Å². The molecular formula is C30H35NO14. The molecule has 1 aromatic carbocycles. The molecule has 244 valence electrons. The number of phenols is 1. The van der Waals surface area contributed by atoms with Crippen molar-refractivity contribution in [3.05, 3.63) is 35.1 Å². The van der Waals surface area contributed by atoms with Gasteiger partial charge in [-0.15, -0.1) is 0 Å². The van der Waals surface area contributed by atoms with Gasteiger partial charge in [0.05, 0.1) is 17.4 Å². The van der Waals surface area contributed by atoms with Gasteiger partial charge in [-0.25, -0.2) is 19.2 Å². The van der Waals surface area contributed by atoms with Gasteiger partial charge in [-0.2, -0.15) is 0 Å². The van der Waals surface area contributed by atoms with E-state index < -0.39 is 77.8 Å². The summed E-state index contributed by atoms with van der Waals surface area (Å²) in [6.07, 6.45) is -6.16. The number of carbonyl (C=O) groups is 5. The lowest BCUT2D eigenvalue weighted by Gasteiger charge is -2.61. The van der Waals surface area contributed by atoms with Gasteiger partial charge < -0.3 is 49.0 Å². The van der Waals surface area contributed by atoms with Crippen molar-refractivity contribution in [2.24, 2.45) is 0 Å². The fourth-order valence-corrected chi connectivity index (χ4v) is 6.79. The first-order valence-electron chi connectivity index (χ1n) is 14.5. The minimum Gasteiger partial charge on any atom is -0.504 e. The number of rotatable bonds is 10. The number of phenolic OH excluding ortho intramolecular Hbond substituents is 1. The molecule has 8 atom stereocenters. The SMILES string of the molecule is CC(O)C(=O)OC(CC(=O)OC1=CC[C@@]2(O)[C@H]3Cc4ccc(O)c5c4[C@@]2(CCN3C)[C@H]1O5)C(=O)OC(C)C(=O)OC(C)C(=O)O. The van der Waals surface area contributed by atoms with Crippen LogP contribution in [0.5, 0.6) is 11.5 Å². The Bertz CT molecular complexity index is 1470. The molecule has 0 aromatic heterocycles. The van der Waals surface area contributed by atoms with Crippen LogP contribution in [0.1, 0.15) is 51.2 Å². The molecule has 5 rings (SSSR count). The zero-order chi connectivity index (χ0) is 33.0. The van der Waals surface area contributed by atoms with Crippen molar-refractivity contribution in [3.63, 3.8) is 0 Å². The average molecular weight is 634 g/mol. The lowest BCUT2D eigenvalue weighted by molar-refractivity contribution is -0.185. The van der Waals surface area contributed by atoms with Crippen molar-refractivity contribution < 1.29 is 68.1 Å². The van der Waals surface area contributed by atoms with E-state index in [-0.39, 0.29) is 29.7 Å². The molecule has 4 unspecified atom stereocenters. The maximum Gasteiger partial charge on any atom is 0.348 e. The Morgan fingerprint density at radius 3 is 2.40 bits per heavy atom. The number of aliphatic hydroxyl groups excluding tert-OH is 1. The number of nitrogens with zero attached hydrogens (tertiary/aromatic N) is 1. The Morgan fingerprint density at radius 2 is 1.73 bits per heavy atom.